The fraction of sp³-hybridized carbons (Fsp3) is 0. The summed E-state index contributed by atoms with van der Waals surface area (Å²) in [5.41, 5.74) is 20.6. The molecule has 0 fully saturated rings. The number of para-hydroxylation sites is 8. The molecule has 0 aromatic heterocycles. The van der Waals surface area contributed by atoms with E-state index in [2.05, 4.69) is 252 Å². The second-order valence-electron chi connectivity index (χ2n) is 22.8. The smallest absolute Gasteiger partial charge is 0.261 e. The molecule has 84 heavy (non-hydrogen) atoms. The van der Waals surface area contributed by atoms with Crippen LogP contribution in [-0.4, -0.2) is 26.9 Å². The SMILES string of the molecule is c1ccc(N2c3cc(-c4cc5c6c(c4)Oc4ccccc4B6c4ccccc4O5)cc4c3B(c3c2cc2c5c3Oc3ccccc3B5c3ccccc3O2)c2c(cc3c5c2Oc2ccccc2B5c2ccccc2O3)N4c2ccccc2)cc1. The molecule has 0 bridgehead atoms. The minimum absolute atomic E-state index is 0.0654. The molecule has 0 saturated heterocycles. The van der Waals surface area contributed by atoms with Crippen LogP contribution in [0.3, 0.4) is 0 Å². The third-order valence-electron chi connectivity index (χ3n) is 18.6. The molecule has 8 nitrogen and oxygen atoms in total. The van der Waals surface area contributed by atoms with Crippen LogP contribution in [0.2, 0.25) is 0 Å². The maximum Gasteiger partial charge on any atom is 0.261 e. The Morgan fingerprint density at radius 1 is 0.214 bits per heavy atom. The Morgan fingerprint density at radius 3 is 0.869 bits per heavy atom. The molecule has 12 aromatic carbocycles. The number of ether oxygens (including phenoxy) is 6. The summed E-state index contributed by atoms with van der Waals surface area (Å²) in [4.78, 5) is 4.87. The molecule has 0 saturated carbocycles. The highest BCUT2D eigenvalue weighted by Gasteiger charge is 2.54. The van der Waals surface area contributed by atoms with Crippen LogP contribution >= 0.6 is 0 Å². The number of anilines is 6. The van der Waals surface area contributed by atoms with E-state index in [1.165, 1.54) is 0 Å². The Morgan fingerprint density at radius 2 is 0.500 bits per heavy atom. The van der Waals surface area contributed by atoms with Crippen LogP contribution < -0.4 is 104 Å². The predicted molar refractivity (Wildman–Crippen MR) is 339 cm³/mol. The van der Waals surface area contributed by atoms with Gasteiger partial charge in [0.25, 0.3) is 26.9 Å². The van der Waals surface area contributed by atoms with E-state index in [4.69, 9.17) is 28.4 Å². The average Bonchev–Trinajstić information content (AvgIpc) is 0.867. The topological polar surface area (TPSA) is 61.9 Å². The molecular formula is C72H40B4N2O6. The van der Waals surface area contributed by atoms with Crippen molar-refractivity contribution in [1.82, 2.24) is 0 Å². The quantitative estimate of drug-likeness (QED) is 0.162. The van der Waals surface area contributed by atoms with Gasteiger partial charge in [-0.1, -0.05) is 146 Å². The first-order valence-corrected chi connectivity index (χ1v) is 28.8. The zero-order chi connectivity index (χ0) is 54.5. The monoisotopic (exact) mass is 1070 g/mol. The van der Waals surface area contributed by atoms with Gasteiger partial charge in [-0.05, 0) is 145 Å². The number of hydrogen-bond donors (Lipinski definition) is 0. The molecule has 0 spiro atoms. The Kier molecular flexibility index (Phi) is 8.83. The standard InChI is InChI=1S/C72H40B4N2O6/c1-3-19-43(20-4-1)77-51-35-41(42-37-61-68-62(38-42)80-56-30-14-8-24-46(56)73(68)45-23-7-13-29-55(45)79-61)36-52-65(51)76(66-53(77)39-63-69-71(66)83-59-33-17-11-27-49(59)74(69)47-25-9-15-31-57(47)81-63)67-54(78(52)44-21-5-2-6-22-44)40-64-70-72(67)84-60-34-18-12-28-50(60)75(70)48-26-10-16-32-58(48)82-64/h1-40H. The predicted octanol–water partition coefficient (Wildman–Crippen LogP) is 9.62. The number of fused-ring (bicyclic) bond motifs is 18. The van der Waals surface area contributed by atoms with Crippen LogP contribution in [0.5, 0.6) is 69.0 Å². The molecule has 8 aliphatic rings. The van der Waals surface area contributed by atoms with Crippen molar-refractivity contribution in [3.05, 3.63) is 243 Å². The van der Waals surface area contributed by atoms with Crippen molar-refractivity contribution in [2.75, 3.05) is 9.80 Å². The lowest BCUT2D eigenvalue weighted by Crippen LogP contribution is -2.66. The number of benzene rings is 12. The van der Waals surface area contributed by atoms with Crippen LogP contribution in [0.25, 0.3) is 11.1 Å². The lowest BCUT2D eigenvalue weighted by atomic mass is 9.28. The van der Waals surface area contributed by atoms with Crippen molar-refractivity contribution in [2.24, 2.45) is 0 Å². The minimum Gasteiger partial charge on any atom is -0.459 e. The Labute approximate surface area is 485 Å². The molecular weight excluding hydrogens is 1030 g/mol. The first kappa shape index (κ1) is 45.0. The molecule has 8 aliphatic heterocycles. The maximum absolute atomic E-state index is 7.61. The third-order valence-corrected chi connectivity index (χ3v) is 18.6. The molecule has 0 N–H and O–H groups in total. The van der Waals surface area contributed by atoms with E-state index in [0.29, 0.717) is 0 Å². The van der Waals surface area contributed by atoms with Crippen molar-refractivity contribution >= 4 is 127 Å². The summed E-state index contributed by atoms with van der Waals surface area (Å²) in [5, 5.41) is 0. The molecule has 0 aliphatic carbocycles. The highest BCUT2D eigenvalue weighted by Crippen LogP contribution is 2.52. The van der Waals surface area contributed by atoms with Crippen LogP contribution in [0.15, 0.2) is 243 Å². The van der Waals surface area contributed by atoms with Gasteiger partial charge in [-0.2, -0.15) is 0 Å². The van der Waals surface area contributed by atoms with Gasteiger partial charge in [0.2, 0.25) is 0 Å². The van der Waals surface area contributed by atoms with E-state index in [1.54, 1.807) is 0 Å². The molecule has 0 unspecified atom stereocenters. The lowest BCUT2D eigenvalue weighted by Gasteiger charge is -2.47. The van der Waals surface area contributed by atoms with Crippen molar-refractivity contribution in [3.63, 3.8) is 0 Å². The van der Waals surface area contributed by atoms with Gasteiger partial charge in [0.15, 0.2) is 0 Å². The fourth-order valence-corrected chi connectivity index (χ4v) is 15.3. The largest absolute Gasteiger partial charge is 0.459 e. The number of rotatable bonds is 3. The summed E-state index contributed by atoms with van der Waals surface area (Å²) in [5.74, 6) is 9.57. The highest BCUT2D eigenvalue weighted by molar-refractivity contribution is 7.05. The fourth-order valence-electron chi connectivity index (χ4n) is 15.3. The van der Waals surface area contributed by atoms with Gasteiger partial charge in [-0.15, -0.1) is 0 Å². The van der Waals surface area contributed by atoms with Gasteiger partial charge >= 0.3 is 0 Å². The normalized spacial score (nSPS) is 14.4. The van der Waals surface area contributed by atoms with Gasteiger partial charge in [-0.3, -0.25) is 0 Å². The molecule has 0 radical (unpaired) electrons. The Balaban J connectivity index is 0.924. The van der Waals surface area contributed by atoms with Crippen molar-refractivity contribution < 1.29 is 28.4 Å². The van der Waals surface area contributed by atoms with Gasteiger partial charge < -0.3 is 38.2 Å². The summed E-state index contributed by atoms with van der Waals surface area (Å²) in [6.45, 7) is -0.866. The lowest BCUT2D eigenvalue weighted by molar-refractivity contribution is 0.464. The Hall–Kier alpha value is -10.7. The van der Waals surface area contributed by atoms with Crippen LogP contribution in [0, 0.1) is 0 Å². The molecule has 12 aromatic rings. The molecule has 12 heteroatoms. The van der Waals surface area contributed by atoms with E-state index in [1.807, 2.05) is 0 Å². The van der Waals surface area contributed by atoms with E-state index in [-0.39, 0.29) is 20.1 Å². The van der Waals surface area contributed by atoms with E-state index < -0.39 is 6.71 Å². The summed E-state index contributed by atoms with van der Waals surface area (Å²) < 4.78 is 43.6. The van der Waals surface area contributed by atoms with Crippen LogP contribution in [0.4, 0.5) is 34.1 Å². The molecule has 0 atom stereocenters. The third kappa shape index (κ3) is 5.95. The van der Waals surface area contributed by atoms with Gasteiger partial charge in [0.1, 0.15) is 69.0 Å². The van der Waals surface area contributed by atoms with Gasteiger partial charge in [0.05, 0.1) is 0 Å². The summed E-state index contributed by atoms with van der Waals surface area (Å²) >= 11 is 0. The summed E-state index contributed by atoms with van der Waals surface area (Å²) in [6, 6.07) is 85.9. The van der Waals surface area contributed by atoms with E-state index >= 15 is 0 Å². The van der Waals surface area contributed by atoms with Crippen LogP contribution in [-0.2, 0) is 0 Å². The maximum atomic E-state index is 7.61. The summed E-state index contributed by atoms with van der Waals surface area (Å²) in [6.07, 6.45) is 0. The van der Waals surface area contributed by atoms with Crippen molar-refractivity contribution in [3.8, 4) is 80.1 Å². The van der Waals surface area contributed by atoms with Gasteiger partial charge in [-0.25, -0.2) is 0 Å². The van der Waals surface area contributed by atoms with E-state index in [0.717, 1.165) is 180 Å². The average molecular weight is 1070 g/mol. The zero-order valence-corrected chi connectivity index (χ0v) is 44.7. The number of nitrogens with zero attached hydrogens (tertiary/aromatic N) is 2. The van der Waals surface area contributed by atoms with Crippen molar-refractivity contribution in [2.45, 2.75) is 0 Å². The minimum atomic E-state index is -0.467. The van der Waals surface area contributed by atoms with Crippen molar-refractivity contribution in [1.29, 1.82) is 0 Å². The second kappa shape index (κ2) is 16.5. The highest BCUT2D eigenvalue weighted by atomic mass is 16.5. The van der Waals surface area contributed by atoms with Crippen LogP contribution in [0.1, 0.15) is 0 Å². The van der Waals surface area contributed by atoms with Gasteiger partial charge in [0, 0.05) is 62.6 Å². The first-order chi connectivity index (χ1) is 41.7. The Bertz CT molecular complexity index is 4620. The first-order valence-electron chi connectivity index (χ1n) is 28.8. The summed E-state index contributed by atoms with van der Waals surface area (Å²) in [7, 11) is 0. The molecule has 386 valence electrons. The van der Waals surface area contributed by atoms with E-state index in [9.17, 15) is 0 Å². The molecule has 20 rings (SSSR count). The molecule has 8 heterocycles. The second-order valence-corrected chi connectivity index (χ2v) is 22.8. The number of hydrogen-bond acceptors (Lipinski definition) is 8. The zero-order valence-electron chi connectivity index (χ0n) is 44.7. The molecule has 0 amide bonds.